The molecule has 4 nitrogen and oxygen atoms in total. The summed E-state index contributed by atoms with van der Waals surface area (Å²) in [4.78, 5) is -0.286. The Morgan fingerprint density at radius 1 is 1.42 bits per heavy atom. The predicted molar refractivity (Wildman–Crippen MR) is 72.5 cm³/mol. The molecule has 1 aliphatic heterocycles. The Balaban J connectivity index is 2.29. The first-order valence-electron chi connectivity index (χ1n) is 6.37. The van der Waals surface area contributed by atoms with Crippen LogP contribution < -0.4 is 5.73 Å². The number of nitrogens with two attached hydrogens (primary N) is 1. The van der Waals surface area contributed by atoms with Crippen LogP contribution in [0.1, 0.15) is 20.3 Å². The number of nitrogens with zero attached hydrogens (tertiary/aromatic N) is 1. The van der Waals surface area contributed by atoms with Gasteiger partial charge in [-0.05, 0) is 36.5 Å². The van der Waals surface area contributed by atoms with E-state index < -0.39 is 15.8 Å². The van der Waals surface area contributed by atoms with E-state index in [2.05, 4.69) is 13.8 Å². The van der Waals surface area contributed by atoms with E-state index in [0.29, 0.717) is 24.9 Å². The molecule has 1 fully saturated rings. The zero-order valence-electron chi connectivity index (χ0n) is 11.1. The maximum absolute atomic E-state index is 13.8. The summed E-state index contributed by atoms with van der Waals surface area (Å²) in [6, 6.07) is 3.69. The van der Waals surface area contributed by atoms with Crippen molar-refractivity contribution in [3.63, 3.8) is 0 Å². The van der Waals surface area contributed by atoms with Crippen LogP contribution in [-0.4, -0.2) is 25.8 Å². The van der Waals surface area contributed by atoms with Gasteiger partial charge >= 0.3 is 0 Å². The van der Waals surface area contributed by atoms with Crippen LogP contribution in [0.15, 0.2) is 23.1 Å². The van der Waals surface area contributed by atoms with E-state index in [0.717, 1.165) is 12.5 Å². The molecule has 1 aromatic carbocycles. The lowest BCUT2D eigenvalue weighted by Crippen LogP contribution is -2.30. The number of hydrogen-bond acceptors (Lipinski definition) is 3. The normalized spacial score (nSPS) is 21.2. The molecule has 0 radical (unpaired) electrons. The van der Waals surface area contributed by atoms with Gasteiger partial charge in [0.15, 0.2) is 0 Å². The Labute approximate surface area is 113 Å². The van der Waals surface area contributed by atoms with Gasteiger partial charge < -0.3 is 5.73 Å². The molecule has 1 aromatic rings. The molecule has 19 heavy (non-hydrogen) atoms. The highest BCUT2D eigenvalue weighted by Crippen LogP contribution is 2.29. The largest absolute Gasteiger partial charge is 0.399 e. The van der Waals surface area contributed by atoms with Crippen LogP contribution in [0, 0.1) is 17.7 Å². The zero-order chi connectivity index (χ0) is 14.2. The average Bonchev–Trinajstić information content (AvgIpc) is 2.78. The van der Waals surface area contributed by atoms with Gasteiger partial charge in [0.1, 0.15) is 10.7 Å². The van der Waals surface area contributed by atoms with Crippen LogP contribution in [0.3, 0.4) is 0 Å². The summed E-state index contributed by atoms with van der Waals surface area (Å²) in [6.45, 7) is 5.06. The third-order valence-electron chi connectivity index (χ3n) is 3.70. The molecule has 106 valence electrons. The SMILES string of the molecule is CC(C)C1CCN(S(=O)(=O)c2ccc(N)cc2F)C1. The van der Waals surface area contributed by atoms with E-state index in [1.165, 1.54) is 16.4 Å². The fourth-order valence-corrected chi connectivity index (χ4v) is 3.94. The molecule has 0 aromatic heterocycles. The lowest BCUT2D eigenvalue weighted by molar-refractivity contribution is 0.387. The second-order valence-electron chi connectivity index (χ2n) is 5.35. The molecule has 1 saturated heterocycles. The van der Waals surface area contributed by atoms with Crippen molar-refractivity contribution in [3.8, 4) is 0 Å². The van der Waals surface area contributed by atoms with E-state index in [9.17, 15) is 12.8 Å². The number of anilines is 1. The van der Waals surface area contributed by atoms with Gasteiger partial charge in [0, 0.05) is 18.8 Å². The molecule has 1 atom stereocenters. The first-order valence-corrected chi connectivity index (χ1v) is 7.81. The standard InChI is InChI=1S/C13H19FN2O2S/c1-9(2)10-5-6-16(8-10)19(17,18)13-4-3-11(15)7-12(13)14/h3-4,7,9-10H,5-6,8,15H2,1-2H3. The van der Waals surface area contributed by atoms with Gasteiger partial charge in [0.25, 0.3) is 0 Å². The first kappa shape index (κ1) is 14.3. The van der Waals surface area contributed by atoms with Crippen LogP contribution in [-0.2, 0) is 10.0 Å². The number of nitrogen functional groups attached to an aromatic ring is 1. The lowest BCUT2D eigenvalue weighted by Gasteiger charge is -2.18. The summed E-state index contributed by atoms with van der Waals surface area (Å²) in [5.74, 6) is -0.0175. The fraction of sp³-hybridized carbons (Fsp3) is 0.538. The highest BCUT2D eigenvalue weighted by atomic mass is 32.2. The summed E-state index contributed by atoms with van der Waals surface area (Å²) < 4.78 is 39.9. The van der Waals surface area contributed by atoms with Gasteiger partial charge in [0.05, 0.1) is 0 Å². The van der Waals surface area contributed by atoms with Crippen molar-refractivity contribution < 1.29 is 12.8 Å². The molecule has 0 amide bonds. The molecule has 0 spiro atoms. The summed E-state index contributed by atoms with van der Waals surface area (Å²) in [5, 5.41) is 0. The predicted octanol–water partition coefficient (Wildman–Crippen LogP) is 2.07. The molecule has 0 aliphatic carbocycles. The third kappa shape index (κ3) is 2.74. The number of rotatable bonds is 3. The molecule has 2 N–H and O–H groups in total. The topological polar surface area (TPSA) is 63.4 Å². The van der Waals surface area contributed by atoms with Crippen molar-refractivity contribution in [2.45, 2.75) is 25.2 Å². The van der Waals surface area contributed by atoms with Gasteiger partial charge in [-0.1, -0.05) is 13.8 Å². The maximum Gasteiger partial charge on any atom is 0.245 e. The molecule has 1 heterocycles. The second kappa shape index (κ2) is 5.09. The molecule has 2 rings (SSSR count). The van der Waals surface area contributed by atoms with E-state index in [4.69, 9.17) is 5.73 Å². The summed E-state index contributed by atoms with van der Waals surface area (Å²) >= 11 is 0. The molecule has 0 saturated carbocycles. The van der Waals surface area contributed by atoms with Gasteiger partial charge in [-0.15, -0.1) is 0 Å². The Kier molecular flexibility index (Phi) is 3.82. The van der Waals surface area contributed by atoms with Gasteiger partial charge in [-0.25, -0.2) is 12.8 Å². The smallest absolute Gasteiger partial charge is 0.245 e. The maximum atomic E-state index is 13.8. The van der Waals surface area contributed by atoms with Crippen molar-refractivity contribution in [2.75, 3.05) is 18.8 Å². The highest BCUT2D eigenvalue weighted by Gasteiger charge is 2.35. The van der Waals surface area contributed by atoms with Crippen LogP contribution in [0.4, 0.5) is 10.1 Å². The fourth-order valence-electron chi connectivity index (χ4n) is 2.38. The minimum atomic E-state index is -3.75. The van der Waals surface area contributed by atoms with E-state index in [-0.39, 0.29) is 10.6 Å². The number of benzene rings is 1. The van der Waals surface area contributed by atoms with Crippen molar-refractivity contribution in [3.05, 3.63) is 24.0 Å². The van der Waals surface area contributed by atoms with Gasteiger partial charge in [-0.3, -0.25) is 0 Å². The quantitative estimate of drug-likeness (QED) is 0.865. The lowest BCUT2D eigenvalue weighted by atomic mass is 9.96. The van der Waals surface area contributed by atoms with E-state index >= 15 is 0 Å². The van der Waals surface area contributed by atoms with Crippen LogP contribution >= 0.6 is 0 Å². The van der Waals surface area contributed by atoms with Crippen molar-refractivity contribution in [2.24, 2.45) is 11.8 Å². The average molecular weight is 286 g/mol. The molecule has 1 aliphatic rings. The number of sulfonamides is 1. The Morgan fingerprint density at radius 3 is 2.63 bits per heavy atom. The highest BCUT2D eigenvalue weighted by molar-refractivity contribution is 7.89. The van der Waals surface area contributed by atoms with E-state index in [1.54, 1.807) is 0 Å². The van der Waals surface area contributed by atoms with Crippen LogP contribution in [0.2, 0.25) is 0 Å². The molecular formula is C13H19FN2O2S. The number of hydrogen-bond donors (Lipinski definition) is 1. The zero-order valence-corrected chi connectivity index (χ0v) is 12.0. The van der Waals surface area contributed by atoms with Crippen LogP contribution in [0.5, 0.6) is 0 Å². The Hall–Kier alpha value is -1.14. The van der Waals surface area contributed by atoms with Gasteiger partial charge in [0.2, 0.25) is 10.0 Å². The Bertz CT molecular complexity index is 572. The molecule has 0 bridgehead atoms. The van der Waals surface area contributed by atoms with Crippen molar-refractivity contribution >= 4 is 15.7 Å². The minimum Gasteiger partial charge on any atom is -0.399 e. The summed E-state index contributed by atoms with van der Waals surface area (Å²) in [5.41, 5.74) is 5.66. The van der Waals surface area contributed by atoms with Crippen LogP contribution in [0.25, 0.3) is 0 Å². The third-order valence-corrected chi connectivity index (χ3v) is 5.60. The van der Waals surface area contributed by atoms with Crippen molar-refractivity contribution in [1.29, 1.82) is 0 Å². The first-order chi connectivity index (χ1) is 8.82. The Morgan fingerprint density at radius 2 is 2.11 bits per heavy atom. The molecular weight excluding hydrogens is 267 g/mol. The molecule has 6 heteroatoms. The monoisotopic (exact) mass is 286 g/mol. The number of halogens is 1. The minimum absolute atomic E-state index is 0.220. The van der Waals surface area contributed by atoms with Gasteiger partial charge in [-0.2, -0.15) is 4.31 Å². The second-order valence-corrected chi connectivity index (χ2v) is 7.25. The molecule has 1 unspecified atom stereocenters. The van der Waals surface area contributed by atoms with E-state index in [1.807, 2.05) is 0 Å². The summed E-state index contributed by atoms with van der Waals surface area (Å²) in [7, 11) is -3.75. The summed E-state index contributed by atoms with van der Waals surface area (Å²) in [6.07, 6.45) is 0.827. The van der Waals surface area contributed by atoms with Crippen molar-refractivity contribution in [1.82, 2.24) is 4.31 Å².